The Morgan fingerprint density at radius 3 is 2.55 bits per heavy atom. The third-order valence-corrected chi connectivity index (χ3v) is 4.19. The first-order valence-corrected chi connectivity index (χ1v) is 7.55. The maximum absolute atomic E-state index is 12.6. The lowest BCUT2D eigenvalue weighted by atomic mass is 10.1. The molecule has 0 heterocycles. The number of hydrogen-bond donors (Lipinski definition) is 0. The van der Waals surface area contributed by atoms with Crippen LogP contribution in [0, 0.1) is 0 Å². The number of rotatable bonds is 4. The highest BCUT2D eigenvalue weighted by Crippen LogP contribution is 2.30. The van der Waals surface area contributed by atoms with Gasteiger partial charge in [0.15, 0.2) is 0 Å². The average Bonchev–Trinajstić information content (AvgIpc) is 2.53. The highest BCUT2D eigenvalue weighted by atomic mass is 35.5. The van der Waals surface area contributed by atoms with Gasteiger partial charge in [-0.1, -0.05) is 35.3 Å². The fourth-order valence-electron chi connectivity index (χ4n) is 2.18. The summed E-state index contributed by atoms with van der Waals surface area (Å²) >= 11 is 12.1. The molecule has 0 aliphatic rings. The number of halogens is 2. The van der Waals surface area contributed by atoms with Crippen molar-refractivity contribution in [3.05, 3.63) is 63.6 Å². The Bertz CT molecular complexity index is 688. The summed E-state index contributed by atoms with van der Waals surface area (Å²) in [5.41, 5.74) is 1.42. The molecule has 0 saturated heterocycles. The van der Waals surface area contributed by atoms with E-state index in [1.54, 1.807) is 55.5 Å². The standard InChI is InChI=1S/C17H17Cl2NO2/c1-11(15-8-7-13(18)10-16(15)19)20(2)17(21)12-5-4-6-14(9-12)22-3/h4-11H,1-3H3. The predicted octanol–water partition coefficient (Wildman–Crippen LogP) is 4.84. The lowest BCUT2D eigenvalue weighted by Crippen LogP contribution is -2.29. The van der Waals surface area contributed by atoms with Crippen LogP contribution in [0.25, 0.3) is 0 Å². The smallest absolute Gasteiger partial charge is 0.254 e. The van der Waals surface area contributed by atoms with Crippen molar-refractivity contribution in [2.24, 2.45) is 0 Å². The summed E-state index contributed by atoms with van der Waals surface area (Å²) in [4.78, 5) is 14.2. The Morgan fingerprint density at radius 1 is 1.18 bits per heavy atom. The molecule has 1 atom stereocenters. The van der Waals surface area contributed by atoms with Crippen molar-refractivity contribution in [3.8, 4) is 5.75 Å². The molecule has 0 fully saturated rings. The Balaban J connectivity index is 2.25. The number of carbonyl (C=O) groups excluding carboxylic acids is 1. The summed E-state index contributed by atoms with van der Waals surface area (Å²) in [5.74, 6) is 0.550. The number of carbonyl (C=O) groups is 1. The first-order chi connectivity index (χ1) is 10.4. The molecule has 0 bridgehead atoms. The average molecular weight is 338 g/mol. The minimum atomic E-state index is -0.177. The van der Waals surface area contributed by atoms with Gasteiger partial charge in [0.1, 0.15) is 5.75 Å². The summed E-state index contributed by atoms with van der Waals surface area (Å²) in [5, 5.41) is 1.12. The summed E-state index contributed by atoms with van der Waals surface area (Å²) < 4.78 is 5.16. The molecular weight excluding hydrogens is 321 g/mol. The second-order valence-corrected chi connectivity index (χ2v) is 5.83. The Hall–Kier alpha value is -1.71. The summed E-state index contributed by atoms with van der Waals surface area (Å²) in [6, 6.07) is 12.2. The van der Waals surface area contributed by atoms with E-state index in [0.29, 0.717) is 21.4 Å². The van der Waals surface area contributed by atoms with Gasteiger partial charge >= 0.3 is 0 Å². The van der Waals surface area contributed by atoms with Gasteiger partial charge in [-0.3, -0.25) is 4.79 Å². The molecule has 5 heteroatoms. The van der Waals surface area contributed by atoms with E-state index in [9.17, 15) is 4.79 Å². The maximum Gasteiger partial charge on any atom is 0.254 e. The van der Waals surface area contributed by atoms with Crippen LogP contribution >= 0.6 is 23.2 Å². The lowest BCUT2D eigenvalue weighted by Gasteiger charge is -2.26. The molecule has 0 aliphatic heterocycles. The normalized spacial score (nSPS) is 11.9. The zero-order valence-electron chi connectivity index (χ0n) is 12.6. The van der Waals surface area contributed by atoms with Gasteiger partial charge in [-0.15, -0.1) is 0 Å². The van der Waals surface area contributed by atoms with Gasteiger partial charge in [0, 0.05) is 22.7 Å². The highest BCUT2D eigenvalue weighted by Gasteiger charge is 2.21. The number of amides is 1. The largest absolute Gasteiger partial charge is 0.497 e. The molecule has 0 aromatic heterocycles. The van der Waals surface area contributed by atoms with E-state index in [-0.39, 0.29) is 11.9 Å². The van der Waals surface area contributed by atoms with Crippen molar-refractivity contribution in [2.75, 3.05) is 14.2 Å². The number of hydrogen-bond acceptors (Lipinski definition) is 2. The van der Waals surface area contributed by atoms with Gasteiger partial charge in [-0.05, 0) is 42.8 Å². The minimum Gasteiger partial charge on any atom is -0.497 e. The summed E-state index contributed by atoms with van der Waals surface area (Å²) in [6.07, 6.45) is 0. The van der Waals surface area contributed by atoms with E-state index in [1.807, 2.05) is 13.0 Å². The Labute approximate surface area is 140 Å². The molecule has 2 aromatic rings. The molecule has 0 spiro atoms. The lowest BCUT2D eigenvalue weighted by molar-refractivity contribution is 0.0742. The number of ether oxygens (including phenoxy) is 1. The van der Waals surface area contributed by atoms with Crippen LogP contribution in [0.5, 0.6) is 5.75 Å². The van der Waals surface area contributed by atoms with E-state index in [1.165, 1.54) is 0 Å². The monoisotopic (exact) mass is 337 g/mol. The summed E-state index contributed by atoms with van der Waals surface area (Å²) in [7, 11) is 3.32. The second kappa shape index (κ2) is 7.03. The fourth-order valence-corrected chi connectivity index (χ4v) is 2.75. The van der Waals surface area contributed by atoms with Crippen molar-refractivity contribution >= 4 is 29.1 Å². The van der Waals surface area contributed by atoms with Crippen LogP contribution in [0.15, 0.2) is 42.5 Å². The second-order valence-electron chi connectivity index (χ2n) is 4.99. The van der Waals surface area contributed by atoms with Crippen molar-refractivity contribution in [3.63, 3.8) is 0 Å². The molecule has 0 N–H and O–H groups in total. The fraction of sp³-hybridized carbons (Fsp3) is 0.235. The topological polar surface area (TPSA) is 29.5 Å². The van der Waals surface area contributed by atoms with Crippen molar-refractivity contribution < 1.29 is 9.53 Å². The van der Waals surface area contributed by atoms with Gasteiger partial charge in [0.2, 0.25) is 0 Å². The van der Waals surface area contributed by atoms with E-state index < -0.39 is 0 Å². The molecule has 2 aromatic carbocycles. The number of methoxy groups -OCH3 is 1. The van der Waals surface area contributed by atoms with Crippen LogP contribution in [0.4, 0.5) is 0 Å². The van der Waals surface area contributed by atoms with Crippen molar-refractivity contribution in [1.82, 2.24) is 4.90 Å². The first kappa shape index (κ1) is 16.7. The molecule has 3 nitrogen and oxygen atoms in total. The molecule has 0 radical (unpaired) electrons. The quantitative estimate of drug-likeness (QED) is 0.799. The van der Waals surface area contributed by atoms with Gasteiger partial charge < -0.3 is 9.64 Å². The van der Waals surface area contributed by atoms with Gasteiger partial charge in [0.05, 0.1) is 13.2 Å². The van der Waals surface area contributed by atoms with Crippen molar-refractivity contribution in [1.29, 1.82) is 0 Å². The zero-order valence-corrected chi connectivity index (χ0v) is 14.2. The Morgan fingerprint density at radius 2 is 1.91 bits per heavy atom. The molecule has 1 unspecified atom stereocenters. The maximum atomic E-state index is 12.6. The summed E-state index contributed by atoms with van der Waals surface area (Å²) in [6.45, 7) is 1.92. The minimum absolute atomic E-state index is 0.0996. The Kier molecular flexibility index (Phi) is 5.33. The number of benzene rings is 2. The molecule has 2 rings (SSSR count). The van der Waals surface area contributed by atoms with E-state index in [2.05, 4.69) is 0 Å². The van der Waals surface area contributed by atoms with Crippen molar-refractivity contribution in [2.45, 2.75) is 13.0 Å². The molecular formula is C17H17Cl2NO2. The van der Waals surface area contributed by atoms with Crippen LogP contribution in [-0.4, -0.2) is 25.0 Å². The molecule has 0 saturated carbocycles. The van der Waals surface area contributed by atoms with Gasteiger partial charge in [-0.2, -0.15) is 0 Å². The van der Waals surface area contributed by atoms with Crippen LogP contribution in [0.2, 0.25) is 10.0 Å². The molecule has 0 aliphatic carbocycles. The van der Waals surface area contributed by atoms with E-state index in [0.717, 1.165) is 5.56 Å². The first-order valence-electron chi connectivity index (χ1n) is 6.80. The van der Waals surface area contributed by atoms with E-state index in [4.69, 9.17) is 27.9 Å². The van der Waals surface area contributed by atoms with Crippen LogP contribution in [0.3, 0.4) is 0 Å². The third kappa shape index (κ3) is 3.54. The van der Waals surface area contributed by atoms with E-state index >= 15 is 0 Å². The van der Waals surface area contributed by atoms with Crippen LogP contribution < -0.4 is 4.74 Å². The van der Waals surface area contributed by atoms with Crippen LogP contribution in [-0.2, 0) is 0 Å². The molecule has 22 heavy (non-hydrogen) atoms. The molecule has 116 valence electrons. The third-order valence-electron chi connectivity index (χ3n) is 3.63. The van der Waals surface area contributed by atoms with Gasteiger partial charge in [-0.25, -0.2) is 0 Å². The zero-order chi connectivity index (χ0) is 16.3. The number of nitrogens with zero attached hydrogens (tertiary/aromatic N) is 1. The molecule has 1 amide bonds. The SMILES string of the molecule is COc1cccc(C(=O)N(C)C(C)c2ccc(Cl)cc2Cl)c1. The highest BCUT2D eigenvalue weighted by molar-refractivity contribution is 6.35. The van der Waals surface area contributed by atoms with Crippen LogP contribution in [0.1, 0.15) is 28.9 Å². The predicted molar refractivity (Wildman–Crippen MR) is 90.0 cm³/mol. The van der Waals surface area contributed by atoms with Gasteiger partial charge in [0.25, 0.3) is 5.91 Å².